The number of nitrogens with one attached hydrogen (secondary N) is 2. The van der Waals surface area contributed by atoms with Gasteiger partial charge in [0, 0.05) is 6.42 Å². The van der Waals surface area contributed by atoms with Gasteiger partial charge in [0.05, 0.1) is 31.1 Å². The number of anilines is 2. The molecule has 4 rings (SSSR count). The molecule has 0 saturated heterocycles. The minimum atomic E-state index is -4.71. The van der Waals surface area contributed by atoms with Crippen LogP contribution in [-0.4, -0.2) is 47.0 Å². The normalized spacial score (nSPS) is 16.9. The van der Waals surface area contributed by atoms with Crippen molar-refractivity contribution in [1.29, 1.82) is 0 Å². The van der Waals surface area contributed by atoms with Gasteiger partial charge in [-0.05, 0) is 38.5 Å². The summed E-state index contributed by atoms with van der Waals surface area (Å²) in [4.78, 5) is 38.3. The molecule has 0 radical (unpaired) electrons. The minimum Gasteiger partial charge on any atom is -0.467 e. The molecule has 0 aromatic carbocycles. The third-order valence-electron chi connectivity index (χ3n) is 5.71. The van der Waals surface area contributed by atoms with E-state index in [1.807, 2.05) is 0 Å². The van der Waals surface area contributed by atoms with Gasteiger partial charge in [-0.3, -0.25) is 4.79 Å². The first-order valence-electron chi connectivity index (χ1n) is 11.4. The molecule has 1 aliphatic rings. The second-order valence-electron chi connectivity index (χ2n) is 8.12. The van der Waals surface area contributed by atoms with Crippen LogP contribution in [0.3, 0.4) is 0 Å². The zero-order valence-corrected chi connectivity index (χ0v) is 21.8. The molecular formula is C23H22ClF3N4O6S. The van der Waals surface area contributed by atoms with Gasteiger partial charge in [0.1, 0.15) is 26.5 Å². The Balaban J connectivity index is 1.72. The van der Waals surface area contributed by atoms with Crippen molar-refractivity contribution < 1.29 is 41.4 Å². The van der Waals surface area contributed by atoms with E-state index in [4.69, 9.17) is 25.5 Å². The van der Waals surface area contributed by atoms with Gasteiger partial charge < -0.3 is 24.5 Å². The van der Waals surface area contributed by atoms with Crippen LogP contribution < -0.4 is 10.6 Å². The summed E-state index contributed by atoms with van der Waals surface area (Å²) in [7, 11) is 0. The lowest BCUT2D eigenvalue weighted by Gasteiger charge is -2.32. The molecule has 2 N–H and O–H groups in total. The van der Waals surface area contributed by atoms with Crippen molar-refractivity contribution in [2.45, 2.75) is 45.5 Å². The maximum atomic E-state index is 14.0. The summed E-state index contributed by atoms with van der Waals surface area (Å²) >= 11 is 7.12. The number of halogens is 4. The molecule has 3 aromatic rings. The van der Waals surface area contributed by atoms with Crippen molar-refractivity contribution in [3.8, 4) is 0 Å². The van der Waals surface area contributed by atoms with Crippen molar-refractivity contribution in [3.05, 3.63) is 50.9 Å². The summed E-state index contributed by atoms with van der Waals surface area (Å²) in [6, 6.07) is 0.0930. The van der Waals surface area contributed by atoms with E-state index in [2.05, 4.69) is 15.7 Å². The smallest absolute Gasteiger partial charge is 0.410 e. The number of carbonyl (C=O) groups is 3. The van der Waals surface area contributed by atoms with Crippen LogP contribution in [0.5, 0.6) is 0 Å². The quantitative estimate of drug-likeness (QED) is 0.341. The standard InChI is InChI=1S/C23H22ClF3N4O6S/c1-4-35-21(33)14-10(3)17(22(34)36-5-2)38-20(14)29-19(32)16-15(24)18-28-11(12-7-6-8-37-12)9-13(23(25,26)27)31(18)30-16/h6-8,11,13,28H,4-5,9H2,1-3H3,(H,29,32)/t11-,13+/m0/s1. The van der Waals surface area contributed by atoms with Gasteiger partial charge in [0.15, 0.2) is 11.7 Å². The molecule has 2 atom stereocenters. The Morgan fingerprint density at radius 3 is 2.55 bits per heavy atom. The monoisotopic (exact) mass is 574 g/mol. The van der Waals surface area contributed by atoms with Crippen molar-refractivity contribution in [2.24, 2.45) is 0 Å². The van der Waals surface area contributed by atoms with E-state index in [9.17, 15) is 27.6 Å². The van der Waals surface area contributed by atoms with E-state index in [-0.39, 0.29) is 50.8 Å². The lowest BCUT2D eigenvalue weighted by molar-refractivity contribution is -0.174. The van der Waals surface area contributed by atoms with Gasteiger partial charge in [-0.15, -0.1) is 11.3 Å². The second-order valence-corrected chi connectivity index (χ2v) is 9.52. The topological polar surface area (TPSA) is 125 Å². The Bertz CT molecular complexity index is 1370. The summed E-state index contributed by atoms with van der Waals surface area (Å²) in [5, 5.41) is 8.76. The van der Waals surface area contributed by atoms with E-state index in [1.54, 1.807) is 19.9 Å². The molecule has 10 nitrogen and oxygen atoms in total. The van der Waals surface area contributed by atoms with E-state index in [1.165, 1.54) is 19.3 Å². The van der Waals surface area contributed by atoms with Crippen LogP contribution in [-0.2, 0) is 9.47 Å². The molecule has 0 saturated carbocycles. The Morgan fingerprint density at radius 2 is 1.95 bits per heavy atom. The highest BCUT2D eigenvalue weighted by Gasteiger charge is 2.48. The van der Waals surface area contributed by atoms with Crippen LogP contribution in [0.1, 0.15) is 74.2 Å². The lowest BCUT2D eigenvalue weighted by atomic mass is 10.0. The average molecular weight is 575 g/mol. The van der Waals surface area contributed by atoms with Gasteiger partial charge in [0.2, 0.25) is 0 Å². The van der Waals surface area contributed by atoms with Crippen LogP contribution >= 0.6 is 22.9 Å². The van der Waals surface area contributed by atoms with Crippen molar-refractivity contribution >= 4 is 51.6 Å². The number of thiophene rings is 1. The van der Waals surface area contributed by atoms with Crippen molar-refractivity contribution in [1.82, 2.24) is 9.78 Å². The number of alkyl halides is 3. The van der Waals surface area contributed by atoms with Gasteiger partial charge in [-0.25, -0.2) is 14.3 Å². The van der Waals surface area contributed by atoms with Gasteiger partial charge in [-0.2, -0.15) is 18.3 Å². The zero-order valence-electron chi connectivity index (χ0n) is 20.3. The molecule has 0 spiro atoms. The van der Waals surface area contributed by atoms with E-state index >= 15 is 0 Å². The maximum Gasteiger partial charge on any atom is 0.410 e. The molecule has 0 unspecified atom stereocenters. The minimum absolute atomic E-state index is 0.0250. The summed E-state index contributed by atoms with van der Waals surface area (Å²) in [5.74, 6) is -2.46. The number of esters is 2. The maximum absolute atomic E-state index is 14.0. The first kappa shape index (κ1) is 27.5. The first-order chi connectivity index (χ1) is 18.0. The molecule has 1 amide bonds. The third kappa shape index (κ3) is 5.10. The fraction of sp³-hybridized carbons (Fsp3) is 0.391. The lowest BCUT2D eigenvalue weighted by Crippen LogP contribution is -2.35. The molecule has 0 bridgehead atoms. The Labute approximate surface area is 223 Å². The average Bonchev–Trinajstić information content (AvgIpc) is 3.57. The number of ether oxygens (including phenoxy) is 2. The van der Waals surface area contributed by atoms with E-state index in [0.29, 0.717) is 4.68 Å². The van der Waals surface area contributed by atoms with Crippen LogP contribution in [0.4, 0.5) is 24.0 Å². The number of carbonyl (C=O) groups excluding carboxylic acids is 3. The summed E-state index contributed by atoms with van der Waals surface area (Å²) in [5.41, 5.74) is -0.378. The Hall–Kier alpha value is -3.52. The highest BCUT2D eigenvalue weighted by atomic mass is 35.5. The number of fused-ring (bicyclic) bond motifs is 1. The molecule has 4 heterocycles. The van der Waals surface area contributed by atoms with Gasteiger partial charge >= 0.3 is 18.1 Å². The SMILES string of the molecule is CCOC(=O)c1sc(NC(=O)c2nn3c(c2Cl)N[C@H](c2ccco2)C[C@@H]3C(F)(F)F)c(C(=O)OCC)c1C. The second kappa shape index (κ2) is 10.7. The molecule has 0 fully saturated rings. The number of aromatic nitrogens is 2. The van der Waals surface area contributed by atoms with Gasteiger partial charge in [-0.1, -0.05) is 11.6 Å². The molecule has 1 aliphatic heterocycles. The van der Waals surface area contributed by atoms with Crippen molar-refractivity contribution in [3.63, 3.8) is 0 Å². The van der Waals surface area contributed by atoms with Crippen LogP contribution in [0.2, 0.25) is 5.02 Å². The van der Waals surface area contributed by atoms with E-state index in [0.717, 1.165) is 11.3 Å². The number of rotatable bonds is 7. The number of hydrogen-bond donors (Lipinski definition) is 2. The Morgan fingerprint density at radius 1 is 1.26 bits per heavy atom. The zero-order chi connectivity index (χ0) is 27.8. The molecule has 204 valence electrons. The summed E-state index contributed by atoms with van der Waals surface area (Å²) < 4.78 is 57.9. The largest absolute Gasteiger partial charge is 0.467 e. The molecule has 0 aliphatic carbocycles. The fourth-order valence-electron chi connectivity index (χ4n) is 4.01. The van der Waals surface area contributed by atoms with Crippen LogP contribution in [0.15, 0.2) is 22.8 Å². The molecular weight excluding hydrogens is 553 g/mol. The fourth-order valence-corrected chi connectivity index (χ4v) is 5.36. The van der Waals surface area contributed by atoms with Crippen LogP contribution in [0.25, 0.3) is 0 Å². The molecule has 15 heteroatoms. The molecule has 3 aromatic heterocycles. The number of nitrogens with zero attached hydrogens (tertiary/aromatic N) is 2. The van der Waals surface area contributed by atoms with Crippen molar-refractivity contribution in [2.75, 3.05) is 23.8 Å². The predicted molar refractivity (Wildman–Crippen MR) is 131 cm³/mol. The van der Waals surface area contributed by atoms with Crippen LogP contribution in [0, 0.1) is 6.92 Å². The third-order valence-corrected chi connectivity index (χ3v) is 7.26. The number of furan rings is 1. The highest BCUT2D eigenvalue weighted by molar-refractivity contribution is 7.18. The highest BCUT2D eigenvalue weighted by Crippen LogP contribution is 2.46. The number of hydrogen-bond acceptors (Lipinski definition) is 9. The summed E-state index contributed by atoms with van der Waals surface area (Å²) in [6.45, 7) is 4.78. The first-order valence-corrected chi connectivity index (χ1v) is 12.6. The predicted octanol–water partition coefficient (Wildman–Crippen LogP) is 5.77. The Kier molecular flexibility index (Phi) is 7.74. The van der Waals surface area contributed by atoms with Gasteiger partial charge in [0.25, 0.3) is 5.91 Å². The van der Waals surface area contributed by atoms with E-state index < -0.39 is 48.2 Å². The summed E-state index contributed by atoms with van der Waals surface area (Å²) in [6.07, 6.45) is -3.83. The number of amides is 1. The molecule has 38 heavy (non-hydrogen) atoms.